The van der Waals surface area contributed by atoms with Crippen molar-refractivity contribution >= 4 is 22.9 Å². The Morgan fingerprint density at radius 2 is 2.57 bits per heavy atom. The van der Waals surface area contributed by atoms with Gasteiger partial charge in [-0.3, -0.25) is 4.90 Å². The third kappa shape index (κ3) is 2.27. The number of aromatic nitrogens is 1. The summed E-state index contributed by atoms with van der Waals surface area (Å²) in [6.07, 6.45) is 2.52. The number of rotatable bonds is 3. The molecule has 4 heteroatoms. The highest BCUT2D eigenvalue weighted by molar-refractivity contribution is 7.09. The molecule has 78 valence electrons. The van der Waals surface area contributed by atoms with Gasteiger partial charge in [-0.05, 0) is 26.3 Å². The van der Waals surface area contributed by atoms with Gasteiger partial charge in [-0.25, -0.2) is 4.98 Å². The van der Waals surface area contributed by atoms with E-state index < -0.39 is 0 Å². The maximum atomic E-state index is 5.92. The van der Waals surface area contributed by atoms with Crippen LogP contribution in [0, 0.1) is 6.92 Å². The van der Waals surface area contributed by atoms with Crippen LogP contribution in [-0.2, 0) is 6.54 Å². The summed E-state index contributed by atoms with van der Waals surface area (Å²) < 4.78 is 0. The van der Waals surface area contributed by atoms with Crippen LogP contribution >= 0.6 is 22.9 Å². The number of likely N-dealkylation sites (tertiary alicyclic amines) is 1. The van der Waals surface area contributed by atoms with Crippen molar-refractivity contribution in [1.82, 2.24) is 9.88 Å². The van der Waals surface area contributed by atoms with Gasteiger partial charge in [-0.1, -0.05) is 0 Å². The lowest BCUT2D eigenvalue weighted by atomic mass is 10.2. The Hall–Kier alpha value is -0.120. The number of aryl methyl sites for hydroxylation is 1. The molecule has 0 N–H and O–H groups in total. The normalized spacial score (nSPS) is 23.1. The highest BCUT2D eigenvalue weighted by Crippen LogP contribution is 2.22. The molecular formula is C10H15ClN2S. The minimum absolute atomic E-state index is 0.570. The summed E-state index contributed by atoms with van der Waals surface area (Å²) in [5, 5.41) is 3.33. The molecule has 1 atom stereocenters. The van der Waals surface area contributed by atoms with Crippen LogP contribution in [0.4, 0.5) is 0 Å². The molecule has 1 fully saturated rings. The Kier molecular flexibility index (Phi) is 3.42. The van der Waals surface area contributed by atoms with Crippen molar-refractivity contribution in [1.29, 1.82) is 0 Å². The Bertz CT molecular complexity index is 300. The molecular weight excluding hydrogens is 216 g/mol. The molecule has 2 heterocycles. The first-order valence-corrected chi connectivity index (χ1v) is 6.42. The maximum Gasteiger partial charge on any atom is 0.107 e. The summed E-state index contributed by atoms with van der Waals surface area (Å²) in [7, 11) is 0. The second kappa shape index (κ2) is 4.60. The first kappa shape index (κ1) is 10.4. The predicted octanol–water partition coefficient (Wildman–Crippen LogP) is 2.65. The molecule has 1 unspecified atom stereocenters. The zero-order chi connectivity index (χ0) is 9.97. The van der Waals surface area contributed by atoms with Crippen LogP contribution in [0.15, 0.2) is 5.38 Å². The molecule has 0 aliphatic carbocycles. The number of halogens is 1. The first-order valence-electron chi connectivity index (χ1n) is 5.00. The van der Waals surface area contributed by atoms with E-state index in [9.17, 15) is 0 Å². The molecule has 2 rings (SSSR count). The van der Waals surface area contributed by atoms with E-state index in [2.05, 4.69) is 15.3 Å². The highest BCUT2D eigenvalue weighted by atomic mass is 35.5. The summed E-state index contributed by atoms with van der Waals surface area (Å²) in [5.41, 5.74) is 1.13. The second-order valence-electron chi connectivity index (χ2n) is 3.80. The third-order valence-electron chi connectivity index (χ3n) is 2.68. The summed E-state index contributed by atoms with van der Waals surface area (Å²) in [4.78, 5) is 6.93. The van der Waals surface area contributed by atoms with E-state index in [1.54, 1.807) is 11.3 Å². The van der Waals surface area contributed by atoms with Gasteiger partial charge in [0.05, 0.1) is 6.54 Å². The van der Waals surface area contributed by atoms with Crippen LogP contribution in [0.25, 0.3) is 0 Å². The average Bonchev–Trinajstić information content (AvgIpc) is 2.76. The summed E-state index contributed by atoms with van der Waals surface area (Å²) in [6, 6.07) is 0.570. The van der Waals surface area contributed by atoms with Crippen LogP contribution in [0.1, 0.15) is 23.5 Å². The molecule has 0 bridgehead atoms. The van der Waals surface area contributed by atoms with Crippen molar-refractivity contribution < 1.29 is 0 Å². The first-order chi connectivity index (χ1) is 6.79. The summed E-state index contributed by atoms with van der Waals surface area (Å²) in [5.74, 6) is 0.754. The standard InChI is InChI=1S/C10H15ClN2S/c1-8-7-14-10(12-8)6-13-4-2-3-9(13)5-11/h7,9H,2-6H2,1H3. The predicted molar refractivity (Wildman–Crippen MR) is 61.0 cm³/mol. The van der Waals surface area contributed by atoms with Crippen molar-refractivity contribution in [3.05, 3.63) is 16.1 Å². The fourth-order valence-corrected chi connectivity index (χ4v) is 3.07. The minimum atomic E-state index is 0.570. The second-order valence-corrected chi connectivity index (χ2v) is 5.05. The fourth-order valence-electron chi connectivity index (χ4n) is 1.93. The Balaban J connectivity index is 1.96. The molecule has 1 aliphatic rings. The van der Waals surface area contributed by atoms with Gasteiger partial charge in [0.2, 0.25) is 0 Å². The monoisotopic (exact) mass is 230 g/mol. The van der Waals surface area contributed by atoms with Gasteiger partial charge in [0.1, 0.15) is 5.01 Å². The van der Waals surface area contributed by atoms with Crippen LogP contribution in [0.3, 0.4) is 0 Å². The van der Waals surface area contributed by atoms with Crippen LogP contribution in [0.2, 0.25) is 0 Å². The van der Waals surface area contributed by atoms with Crippen molar-refractivity contribution in [2.45, 2.75) is 32.4 Å². The zero-order valence-electron chi connectivity index (χ0n) is 8.37. The quantitative estimate of drug-likeness (QED) is 0.743. The summed E-state index contributed by atoms with van der Waals surface area (Å²) in [6.45, 7) is 4.20. The molecule has 1 aliphatic heterocycles. The van der Waals surface area contributed by atoms with E-state index in [4.69, 9.17) is 11.6 Å². The zero-order valence-corrected chi connectivity index (χ0v) is 9.94. The molecule has 0 saturated carbocycles. The van der Waals surface area contributed by atoms with Gasteiger partial charge in [-0.2, -0.15) is 0 Å². The molecule has 0 spiro atoms. The van der Waals surface area contributed by atoms with Crippen molar-refractivity contribution in [3.63, 3.8) is 0 Å². The molecule has 1 aromatic rings. The smallest absolute Gasteiger partial charge is 0.107 e. The minimum Gasteiger partial charge on any atom is -0.293 e. The van der Waals surface area contributed by atoms with Gasteiger partial charge < -0.3 is 0 Å². The van der Waals surface area contributed by atoms with E-state index in [1.165, 1.54) is 24.4 Å². The molecule has 0 radical (unpaired) electrons. The highest BCUT2D eigenvalue weighted by Gasteiger charge is 2.24. The molecule has 0 aromatic carbocycles. The van der Waals surface area contributed by atoms with Crippen molar-refractivity contribution in [2.24, 2.45) is 0 Å². The number of hydrogen-bond acceptors (Lipinski definition) is 3. The van der Waals surface area contributed by atoms with Gasteiger partial charge in [0.15, 0.2) is 0 Å². The van der Waals surface area contributed by atoms with E-state index in [-0.39, 0.29) is 0 Å². The van der Waals surface area contributed by atoms with Crippen LogP contribution < -0.4 is 0 Å². The number of alkyl halides is 1. The van der Waals surface area contributed by atoms with E-state index in [0.29, 0.717) is 6.04 Å². The number of hydrogen-bond donors (Lipinski definition) is 0. The van der Waals surface area contributed by atoms with Crippen molar-refractivity contribution in [3.8, 4) is 0 Å². The number of nitrogens with zero attached hydrogens (tertiary/aromatic N) is 2. The maximum absolute atomic E-state index is 5.92. The van der Waals surface area contributed by atoms with Gasteiger partial charge >= 0.3 is 0 Å². The Labute approximate surface area is 93.9 Å². The van der Waals surface area contributed by atoms with Crippen LogP contribution in [0.5, 0.6) is 0 Å². The Morgan fingerprint density at radius 1 is 1.71 bits per heavy atom. The van der Waals surface area contributed by atoms with E-state index >= 15 is 0 Å². The SMILES string of the molecule is Cc1csc(CN2CCCC2CCl)n1. The number of thiazole rings is 1. The molecule has 2 nitrogen and oxygen atoms in total. The van der Waals surface area contributed by atoms with Gasteiger partial charge in [0, 0.05) is 23.0 Å². The molecule has 14 heavy (non-hydrogen) atoms. The van der Waals surface area contributed by atoms with E-state index in [0.717, 1.165) is 18.1 Å². The van der Waals surface area contributed by atoms with E-state index in [1.807, 2.05) is 6.92 Å². The lowest BCUT2D eigenvalue weighted by molar-refractivity contribution is 0.262. The molecule has 0 amide bonds. The molecule has 1 saturated heterocycles. The van der Waals surface area contributed by atoms with Gasteiger partial charge in [0.25, 0.3) is 0 Å². The lowest BCUT2D eigenvalue weighted by Crippen LogP contribution is -2.30. The van der Waals surface area contributed by atoms with Crippen LogP contribution in [-0.4, -0.2) is 28.4 Å². The lowest BCUT2D eigenvalue weighted by Gasteiger charge is -2.20. The third-order valence-corrected chi connectivity index (χ3v) is 3.99. The topological polar surface area (TPSA) is 16.1 Å². The van der Waals surface area contributed by atoms with Crippen molar-refractivity contribution in [2.75, 3.05) is 12.4 Å². The largest absolute Gasteiger partial charge is 0.293 e. The fraction of sp³-hybridized carbons (Fsp3) is 0.700. The Morgan fingerprint density at radius 3 is 3.21 bits per heavy atom. The van der Waals surface area contributed by atoms with Gasteiger partial charge in [-0.15, -0.1) is 22.9 Å². The average molecular weight is 231 g/mol. The molecule has 1 aromatic heterocycles. The summed E-state index contributed by atoms with van der Waals surface area (Å²) >= 11 is 7.67.